The minimum Gasteiger partial charge on any atom is -0.454 e. The number of rotatable bonds is 6. The van der Waals surface area contributed by atoms with Crippen LogP contribution in [0.4, 0.5) is 0 Å². The van der Waals surface area contributed by atoms with Crippen molar-refractivity contribution in [1.29, 1.82) is 0 Å². The van der Waals surface area contributed by atoms with Crippen molar-refractivity contribution in [1.82, 2.24) is 5.32 Å². The number of allylic oxidation sites excluding steroid dienone is 4. The standard InChI is InChI=1S/C26H37NO6/c1-17-10-8-6-4-5-7-9-11-25(32)33-26(18(2)12-17)19(3)22(29)16-21(28)13-20-14-23(30)27-24(31)15-20/h4,6,9,11-12,17,19-21,26,28H,5,7-8,10,13-16H2,1-3H3,(H,27,30,31)/b6-4+,11-9+,18-12-/t17-,19+,21+,26-/m0/s1. The molecule has 1 saturated heterocycles. The van der Waals surface area contributed by atoms with Crippen molar-refractivity contribution in [2.24, 2.45) is 17.8 Å². The molecule has 2 rings (SSSR count). The molecule has 4 atom stereocenters. The second kappa shape index (κ2) is 13.2. The van der Waals surface area contributed by atoms with Gasteiger partial charge >= 0.3 is 5.97 Å². The van der Waals surface area contributed by atoms with Gasteiger partial charge in [0, 0.05) is 25.3 Å². The van der Waals surface area contributed by atoms with Crippen molar-refractivity contribution in [2.45, 2.75) is 84.3 Å². The molecule has 2 amide bonds. The molecule has 182 valence electrons. The maximum atomic E-state index is 13.0. The van der Waals surface area contributed by atoms with E-state index in [2.05, 4.69) is 24.4 Å². The third kappa shape index (κ3) is 9.46. The third-order valence-corrected chi connectivity index (χ3v) is 6.18. The molecule has 0 unspecified atom stereocenters. The van der Waals surface area contributed by atoms with Crippen LogP contribution in [0.25, 0.3) is 0 Å². The predicted molar refractivity (Wildman–Crippen MR) is 125 cm³/mol. The van der Waals surface area contributed by atoms with Crippen LogP contribution in [0.5, 0.6) is 0 Å². The summed E-state index contributed by atoms with van der Waals surface area (Å²) in [6, 6.07) is 0. The van der Waals surface area contributed by atoms with Gasteiger partial charge in [-0.15, -0.1) is 0 Å². The molecule has 0 radical (unpaired) electrons. The average Bonchev–Trinajstić information content (AvgIpc) is 2.71. The number of hydrogen-bond donors (Lipinski definition) is 2. The summed E-state index contributed by atoms with van der Waals surface area (Å²) in [5.41, 5.74) is 0.815. The van der Waals surface area contributed by atoms with Crippen LogP contribution in [0, 0.1) is 17.8 Å². The first-order chi connectivity index (χ1) is 15.7. The molecule has 0 aromatic heterocycles. The Morgan fingerprint density at radius 2 is 1.76 bits per heavy atom. The number of carbonyl (C=O) groups excluding carboxylic acids is 4. The van der Waals surface area contributed by atoms with Gasteiger partial charge in [0.1, 0.15) is 11.9 Å². The smallest absolute Gasteiger partial charge is 0.331 e. The fraction of sp³-hybridized carbons (Fsp3) is 0.615. The van der Waals surface area contributed by atoms with Crippen LogP contribution in [0.2, 0.25) is 0 Å². The zero-order valence-electron chi connectivity index (χ0n) is 19.9. The highest BCUT2D eigenvalue weighted by Gasteiger charge is 2.32. The summed E-state index contributed by atoms with van der Waals surface area (Å²) < 4.78 is 5.69. The van der Waals surface area contributed by atoms with E-state index in [0.717, 1.165) is 31.3 Å². The van der Waals surface area contributed by atoms with E-state index < -0.39 is 24.1 Å². The Morgan fingerprint density at radius 3 is 2.45 bits per heavy atom. The fourth-order valence-corrected chi connectivity index (χ4v) is 4.42. The molecule has 2 heterocycles. The lowest BCUT2D eigenvalue weighted by atomic mass is 9.86. The van der Waals surface area contributed by atoms with E-state index in [1.165, 1.54) is 6.08 Å². The SMILES string of the molecule is C/C1=C/[C@@H](C)CC/C=C/CC/C=C/C(=O)O[C@@H]1[C@H](C)C(=O)C[C@H](O)CC1CC(=O)NC(=O)C1. The van der Waals surface area contributed by atoms with Gasteiger partial charge in [0.15, 0.2) is 0 Å². The molecule has 0 aromatic rings. The number of hydrogen-bond acceptors (Lipinski definition) is 6. The number of nitrogens with one attached hydrogen (secondary N) is 1. The minimum absolute atomic E-state index is 0.120. The summed E-state index contributed by atoms with van der Waals surface area (Å²) >= 11 is 0. The number of carbonyl (C=O) groups is 4. The summed E-state index contributed by atoms with van der Waals surface area (Å²) in [5.74, 6) is -2.07. The summed E-state index contributed by atoms with van der Waals surface area (Å²) in [4.78, 5) is 48.5. The van der Waals surface area contributed by atoms with Gasteiger partial charge in [0.25, 0.3) is 0 Å². The number of cyclic esters (lactones) is 1. The normalized spacial score (nSPS) is 29.0. The van der Waals surface area contributed by atoms with Crippen molar-refractivity contribution in [3.8, 4) is 0 Å². The Kier molecular flexibility index (Phi) is 10.7. The summed E-state index contributed by atoms with van der Waals surface area (Å²) in [6.07, 6.45) is 11.7. The Morgan fingerprint density at radius 1 is 1.12 bits per heavy atom. The minimum atomic E-state index is -0.965. The van der Waals surface area contributed by atoms with Crippen LogP contribution in [0.15, 0.2) is 36.0 Å². The number of ketones is 1. The molecule has 0 aliphatic carbocycles. The van der Waals surface area contributed by atoms with Gasteiger partial charge < -0.3 is 9.84 Å². The van der Waals surface area contributed by atoms with Crippen LogP contribution < -0.4 is 5.32 Å². The van der Waals surface area contributed by atoms with Crippen LogP contribution in [-0.4, -0.2) is 40.9 Å². The number of aliphatic hydroxyl groups excluding tert-OH is 1. The fourth-order valence-electron chi connectivity index (χ4n) is 4.42. The lowest BCUT2D eigenvalue weighted by Crippen LogP contribution is -2.40. The zero-order chi connectivity index (χ0) is 24.4. The molecule has 0 spiro atoms. The van der Waals surface area contributed by atoms with Crippen molar-refractivity contribution < 1.29 is 29.0 Å². The highest BCUT2D eigenvalue weighted by molar-refractivity contribution is 5.97. The highest BCUT2D eigenvalue weighted by Crippen LogP contribution is 2.25. The molecule has 2 N–H and O–H groups in total. The van der Waals surface area contributed by atoms with Crippen molar-refractivity contribution in [3.05, 3.63) is 36.0 Å². The monoisotopic (exact) mass is 459 g/mol. The van der Waals surface area contributed by atoms with Crippen molar-refractivity contribution in [3.63, 3.8) is 0 Å². The number of Topliss-reactive ketones (excluding diaryl/α,β-unsaturated/α-hetero) is 1. The van der Waals surface area contributed by atoms with Gasteiger partial charge in [0.2, 0.25) is 11.8 Å². The molecule has 7 heteroatoms. The van der Waals surface area contributed by atoms with E-state index in [-0.39, 0.29) is 55.1 Å². The van der Waals surface area contributed by atoms with Crippen LogP contribution in [-0.2, 0) is 23.9 Å². The van der Waals surface area contributed by atoms with E-state index in [0.29, 0.717) is 0 Å². The van der Waals surface area contributed by atoms with E-state index in [9.17, 15) is 24.3 Å². The van der Waals surface area contributed by atoms with Crippen LogP contribution >= 0.6 is 0 Å². The number of piperidine rings is 1. The summed E-state index contributed by atoms with van der Waals surface area (Å²) in [5, 5.41) is 12.7. The van der Waals surface area contributed by atoms with Gasteiger partial charge in [-0.3, -0.25) is 19.7 Å². The van der Waals surface area contributed by atoms with Crippen LogP contribution in [0.1, 0.15) is 72.1 Å². The first-order valence-corrected chi connectivity index (χ1v) is 11.9. The van der Waals surface area contributed by atoms with E-state index in [1.54, 1.807) is 13.0 Å². The topological polar surface area (TPSA) is 110 Å². The molecule has 0 bridgehead atoms. The Bertz CT molecular complexity index is 796. The Labute approximate surface area is 196 Å². The number of aliphatic hydroxyl groups is 1. The number of amides is 2. The number of ether oxygens (including phenoxy) is 1. The van der Waals surface area contributed by atoms with Crippen molar-refractivity contribution in [2.75, 3.05) is 0 Å². The quantitative estimate of drug-likeness (QED) is 0.357. The second-order valence-electron chi connectivity index (χ2n) is 9.37. The molecular formula is C26H37NO6. The molecule has 7 nitrogen and oxygen atoms in total. The van der Waals surface area contributed by atoms with Gasteiger partial charge in [-0.05, 0) is 56.4 Å². The first kappa shape index (κ1) is 26.7. The average molecular weight is 460 g/mol. The maximum absolute atomic E-state index is 13.0. The zero-order valence-corrected chi connectivity index (χ0v) is 19.9. The lowest BCUT2D eigenvalue weighted by molar-refractivity contribution is -0.145. The molecule has 2 aliphatic heterocycles. The van der Waals surface area contributed by atoms with Crippen LogP contribution in [0.3, 0.4) is 0 Å². The summed E-state index contributed by atoms with van der Waals surface area (Å²) in [6.45, 7) is 5.67. The van der Waals surface area contributed by atoms with E-state index in [1.807, 2.05) is 13.0 Å². The second-order valence-corrected chi connectivity index (χ2v) is 9.37. The predicted octanol–water partition coefficient (Wildman–Crippen LogP) is 3.57. The summed E-state index contributed by atoms with van der Waals surface area (Å²) in [7, 11) is 0. The molecule has 33 heavy (non-hydrogen) atoms. The van der Waals surface area contributed by atoms with E-state index >= 15 is 0 Å². The first-order valence-electron chi connectivity index (χ1n) is 11.9. The molecule has 2 aliphatic rings. The molecule has 0 saturated carbocycles. The van der Waals surface area contributed by atoms with Gasteiger partial charge in [-0.1, -0.05) is 38.2 Å². The van der Waals surface area contributed by atoms with Crippen molar-refractivity contribution >= 4 is 23.6 Å². The van der Waals surface area contributed by atoms with Gasteiger partial charge in [-0.2, -0.15) is 0 Å². The lowest BCUT2D eigenvalue weighted by Gasteiger charge is -2.27. The maximum Gasteiger partial charge on any atom is 0.331 e. The van der Waals surface area contributed by atoms with Gasteiger partial charge in [0.05, 0.1) is 12.0 Å². The third-order valence-electron chi connectivity index (χ3n) is 6.18. The molecular weight excluding hydrogens is 422 g/mol. The highest BCUT2D eigenvalue weighted by atomic mass is 16.5. The molecule has 1 fully saturated rings. The largest absolute Gasteiger partial charge is 0.454 e. The molecule has 0 aromatic carbocycles. The Hall–Kier alpha value is -2.54. The van der Waals surface area contributed by atoms with E-state index in [4.69, 9.17) is 4.74 Å². The number of esters is 1. The number of imide groups is 1. The van der Waals surface area contributed by atoms with Gasteiger partial charge in [-0.25, -0.2) is 4.79 Å². The Balaban J connectivity index is 2.07.